The lowest BCUT2D eigenvalue weighted by Crippen LogP contribution is -2.28. The molecular formula is C20H17ClN2O5S2. The van der Waals surface area contributed by atoms with E-state index in [9.17, 15) is 18.0 Å². The van der Waals surface area contributed by atoms with Crippen LogP contribution in [0.5, 0.6) is 0 Å². The predicted molar refractivity (Wildman–Crippen MR) is 115 cm³/mol. The number of nitrogens with one attached hydrogen (secondary N) is 2. The zero-order valence-electron chi connectivity index (χ0n) is 15.5. The summed E-state index contributed by atoms with van der Waals surface area (Å²) in [6.45, 7) is -0.145. The molecule has 2 aromatic carbocycles. The Bertz CT molecular complexity index is 1130. The van der Waals surface area contributed by atoms with Crippen LogP contribution in [0.4, 0.5) is 5.69 Å². The van der Waals surface area contributed by atoms with E-state index in [-0.39, 0.29) is 16.1 Å². The molecule has 10 heteroatoms. The number of thiophene rings is 1. The number of amides is 1. The van der Waals surface area contributed by atoms with Crippen LogP contribution in [0.2, 0.25) is 5.02 Å². The zero-order chi connectivity index (χ0) is 21.6. The largest absolute Gasteiger partial charge is 0.452 e. The Morgan fingerprint density at radius 2 is 1.73 bits per heavy atom. The van der Waals surface area contributed by atoms with Crippen molar-refractivity contribution in [3.8, 4) is 0 Å². The molecule has 0 radical (unpaired) electrons. The fourth-order valence-corrected chi connectivity index (χ4v) is 4.28. The maximum atomic E-state index is 12.6. The van der Waals surface area contributed by atoms with Gasteiger partial charge in [0.15, 0.2) is 6.61 Å². The molecule has 0 saturated heterocycles. The Hall–Kier alpha value is -2.88. The van der Waals surface area contributed by atoms with Crippen molar-refractivity contribution in [2.24, 2.45) is 0 Å². The summed E-state index contributed by atoms with van der Waals surface area (Å²) >= 11 is 7.29. The molecule has 0 aliphatic rings. The van der Waals surface area contributed by atoms with E-state index in [4.69, 9.17) is 16.3 Å². The van der Waals surface area contributed by atoms with Crippen LogP contribution >= 0.6 is 22.9 Å². The van der Waals surface area contributed by atoms with Crippen molar-refractivity contribution in [3.63, 3.8) is 0 Å². The summed E-state index contributed by atoms with van der Waals surface area (Å²) in [6, 6.07) is 15.3. The molecule has 1 amide bonds. The highest BCUT2D eigenvalue weighted by molar-refractivity contribution is 7.92. The van der Waals surface area contributed by atoms with E-state index < -0.39 is 28.5 Å². The van der Waals surface area contributed by atoms with Gasteiger partial charge in [-0.3, -0.25) is 9.52 Å². The molecule has 0 spiro atoms. The van der Waals surface area contributed by atoms with Crippen LogP contribution in [-0.4, -0.2) is 26.9 Å². The number of sulfonamides is 1. The van der Waals surface area contributed by atoms with Crippen LogP contribution in [0.3, 0.4) is 0 Å². The summed E-state index contributed by atoms with van der Waals surface area (Å²) in [7, 11) is -3.95. The molecule has 0 aliphatic carbocycles. The number of carbonyl (C=O) groups excluding carboxylic acids is 2. The molecule has 0 bridgehead atoms. The zero-order valence-corrected chi connectivity index (χ0v) is 17.9. The van der Waals surface area contributed by atoms with Crippen LogP contribution in [0, 0.1) is 0 Å². The quantitative estimate of drug-likeness (QED) is 0.495. The van der Waals surface area contributed by atoms with Gasteiger partial charge in [0.1, 0.15) is 0 Å². The number of benzene rings is 2. The average molecular weight is 465 g/mol. The number of hydrogen-bond donors (Lipinski definition) is 2. The maximum absolute atomic E-state index is 12.6. The molecule has 1 aromatic heterocycles. The van der Waals surface area contributed by atoms with Crippen molar-refractivity contribution >= 4 is 50.5 Å². The number of hydrogen-bond acceptors (Lipinski definition) is 6. The van der Waals surface area contributed by atoms with Gasteiger partial charge in [-0.1, -0.05) is 29.8 Å². The van der Waals surface area contributed by atoms with Gasteiger partial charge in [0.05, 0.1) is 22.7 Å². The number of ether oxygens (including phenoxy) is 1. The van der Waals surface area contributed by atoms with Gasteiger partial charge in [-0.2, -0.15) is 0 Å². The van der Waals surface area contributed by atoms with Gasteiger partial charge in [-0.25, -0.2) is 13.2 Å². The minimum Gasteiger partial charge on any atom is -0.452 e. The second-order valence-electron chi connectivity index (χ2n) is 6.04. The summed E-state index contributed by atoms with van der Waals surface area (Å²) in [5, 5.41) is 4.93. The van der Waals surface area contributed by atoms with E-state index in [1.54, 1.807) is 12.1 Å². The Morgan fingerprint density at radius 1 is 1.00 bits per heavy atom. The van der Waals surface area contributed by atoms with Gasteiger partial charge in [0.25, 0.3) is 15.9 Å². The average Bonchev–Trinajstić information content (AvgIpc) is 3.24. The molecule has 156 valence electrons. The van der Waals surface area contributed by atoms with Gasteiger partial charge in [-0.15, -0.1) is 11.3 Å². The summed E-state index contributed by atoms with van der Waals surface area (Å²) in [4.78, 5) is 25.3. The molecule has 0 fully saturated rings. The van der Waals surface area contributed by atoms with Gasteiger partial charge in [0.2, 0.25) is 0 Å². The van der Waals surface area contributed by atoms with E-state index in [1.165, 1.54) is 47.7 Å². The van der Waals surface area contributed by atoms with Crippen LogP contribution in [0.25, 0.3) is 0 Å². The first-order valence-electron chi connectivity index (χ1n) is 8.69. The third-order valence-corrected chi connectivity index (χ3v) is 6.40. The van der Waals surface area contributed by atoms with Gasteiger partial charge >= 0.3 is 5.97 Å². The molecular weight excluding hydrogens is 448 g/mol. The van der Waals surface area contributed by atoms with Gasteiger partial charge in [-0.05, 0) is 47.8 Å². The first-order valence-corrected chi connectivity index (χ1v) is 11.4. The van der Waals surface area contributed by atoms with E-state index >= 15 is 0 Å². The minimum absolute atomic E-state index is 0.0111. The molecule has 1 heterocycles. The van der Waals surface area contributed by atoms with Crippen molar-refractivity contribution in [1.29, 1.82) is 0 Å². The second kappa shape index (κ2) is 9.75. The van der Waals surface area contributed by atoms with E-state index in [0.717, 1.165) is 4.88 Å². The molecule has 0 aliphatic heterocycles. The number of rotatable bonds is 8. The molecule has 30 heavy (non-hydrogen) atoms. The fraction of sp³-hybridized carbons (Fsp3) is 0.100. The summed E-state index contributed by atoms with van der Waals surface area (Å²) in [5.41, 5.74) is 0.0255. The molecule has 0 atom stereocenters. The number of anilines is 1. The molecule has 0 saturated carbocycles. The van der Waals surface area contributed by atoms with Crippen LogP contribution in [-0.2, 0) is 26.1 Å². The molecule has 0 unspecified atom stereocenters. The highest BCUT2D eigenvalue weighted by Crippen LogP contribution is 2.22. The lowest BCUT2D eigenvalue weighted by atomic mass is 10.2. The van der Waals surface area contributed by atoms with E-state index in [2.05, 4.69) is 10.0 Å². The SMILES string of the molecule is O=C(COC(=O)c1ccccc1NS(=O)(=O)c1ccc(Cl)cc1)NCc1cccs1. The second-order valence-corrected chi connectivity index (χ2v) is 9.19. The standard InChI is InChI=1S/C20H17ClN2O5S2/c21-14-7-9-16(10-8-14)30(26,27)23-18-6-2-1-5-17(18)20(25)28-13-19(24)22-12-15-4-3-11-29-15/h1-11,23H,12-13H2,(H,22,24). The highest BCUT2D eigenvalue weighted by atomic mass is 35.5. The van der Waals surface area contributed by atoms with E-state index in [0.29, 0.717) is 11.6 Å². The fourth-order valence-electron chi connectivity index (χ4n) is 2.43. The number of para-hydroxylation sites is 1. The lowest BCUT2D eigenvalue weighted by Gasteiger charge is -2.12. The molecule has 7 nitrogen and oxygen atoms in total. The topological polar surface area (TPSA) is 102 Å². The first kappa shape index (κ1) is 21.8. The van der Waals surface area contributed by atoms with Crippen molar-refractivity contribution in [2.45, 2.75) is 11.4 Å². The molecule has 3 rings (SSSR count). The third-order valence-electron chi connectivity index (χ3n) is 3.89. The third kappa shape index (κ3) is 5.82. The van der Waals surface area contributed by atoms with Crippen molar-refractivity contribution in [2.75, 3.05) is 11.3 Å². The van der Waals surface area contributed by atoms with Crippen molar-refractivity contribution in [1.82, 2.24) is 5.32 Å². The number of carbonyl (C=O) groups is 2. The Labute approximate surface area is 182 Å². The summed E-state index contributed by atoms with van der Waals surface area (Å²) in [5.74, 6) is -1.29. The Kier molecular flexibility index (Phi) is 7.09. The molecule has 2 N–H and O–H groups in total. The van der Waals surface area contributed by atoms with Crippen LogP contribution in [0.15, 0.2) is 70.9 Å². The number of halogens is 1. The van der Waals surface area contributed by atoms with Crippen molar-refractivity contribution < 1.29 is 22.7 Å². The lowest BCUT2D eigenvalue weighted by molar-refractivity contribution is -0.124. The van der Waals surface area contributed by atoms with Crippen LogP contribution in [0.1, 0.15) is 15.2 Å². The smallest absolute Gasteiger partial charge is 0.340 e. The van der Waals surface area contributed by atoms with Gasteiger partial charge < -0.3 is 10.1 Å². The monoisotopic (exact) mass is 464 g/mol. The summed E-state index contributed by atoms with van der Waals surface area (Å²) < 4.78 is 32.6. The Morgan fingerprint density at radius 3 is 2.43 bits per heavy atom. The van der Waals surface area contributed by atoms with Gasteiger partial charge in [0, 0.05) is 9.90 Å². The molecule has 3 aromatic rings. The summed E-state index contributed by atoms with van der Waals surface area (Å²) in [6.07, 6.45) is 0. The predicted octanol–water partition coefficient (Wildman–Crippen LogP) is 3.68. The van der Waals surface area contributed by atoms with E-state index in [1.807, 2.05) is 17.5 Å². The first-order chi connectivity index (χ1) is 14.3. The highest BCUT2D eigenvalue weighted by Gasteiger charge is 2.20. The maximum Gasteiger partial charge on any atom is 0.340 e. The Balaban J connectivity index is 1.64. The van der Waals surface area contributed by atoms with Crippen LogP contribution < -0.4 is 10.0 Å². The minimum atomic E-state index is -3.95. The number of esters is 1. The van der Waals surface area contributed by atoms with Crippen molar-refractivity contribution in [3.05, 3.63) is 81.5 Å². The normalized spacial score (nSPS) is 11.0.